The van der Waals surface area contributed by atoms with Gasteiger partial charge in [-0.2, -0.15) is 0 Å². The molecule has 0 aromatic heterocycles. The van der Waals surface area contributed by atoms with Crippen LogP contribution in [0.1, 0.15) is 39.2 Å². The van der Waals surface area contributed by atoms with Gasteiger partial charge in [-0.3, -0.25) is 0 Å². The lowest BCUT2D eigenvalue weighted by atomic mass is 10.2. The molecule has 1 N–H and O–H groups in total. The number of hydrogen-bond donors (Lipinski definition) is 1. The minimum absolute atomic E-state index is 0.188. The van der Waals surface area contributed by atoms with Crippen LogP contribution in [0.25, 0.3) is 0 Å². The van der Waals surface area contributed by atoms with Gasteiger partial charge in [-0.05, 0) is 39.2 Å². The van der Waals surface area contributed by atoms with Gasteiger partial charge < -0.3 is 15.0 Å². The van der Waals surface area contributed by atoms with Crippen LogP contribution in [0, 0.1) is 0 Å². The van der Waals surface area contributed by atoms with E-state index >= 15 is 0 Å². The molecule has 1 aliphatic rings. The van der Waals surface area contributed by atoms with E-state index in [1.165, 1.54) is 5.56 Å². The first-order valence-electron chi connectivity index (χ1n) is 7.70. The average molecular weight is 290 g/mol. The molecule has 0 saturated carbocycles. The highest BCUT2D eigenvalue weighted by molar-refractivity contribution is 5.69. The van der Waals surface area contributed by atoms with Gasteiger partial charge >= 0.3 is 6.09 Å². The maximum Gasteiger partial charge on any atom is 0.410 e. The Bertz CT molecular complexity index is 454. The second-order valence-electron chi connectivity index (χ2n) is 6.59. The maximum absolute atomic E-state index is 12.2. The van der Waals surface area contributed by atoms with Crippen molar-refractivity contribution in [3.8, 4) is 0 Å². The van der Waals surface area contributed by atoms with E-state index in [0.717, 1.165) is 32.5 Å². The van der Waals surface area contributed by atoms with Crippen LogP contribution in [0.15, 0.2) is 30.3 Å². The first-order valence-corrected chi connectivity index (χ1v) is 7.70. The molecule has 1 atom stereocenters. The molecule has 1 unspecified atom stereocenters. The summed E-state index contributed by atoms with van der Waals surface area (Å²) < 4.78 is 5.48. The van der Waals surface area contributed by atoms with Gasteiger partial charge in [0, 0.05) is 25.7 Å². The van der Waals surface area contributed by atoms with E-state index in [9.17, 15) is 4.79 Å². The molecule has 1 aromatic carbocycles. The number of hydrogen-bond acceptors (Lipinski definition) is 3. The monoisotopic (exact) mass is 290 g/mol. The summed E-state index contributed by atoms with van der Waals surface area (Å²) in [5.74, 6) is 0. The SMILES string of the molecule is CC(C)(C)OC(=O)N1CCCC1CNCc1ccccc1. The summed E-state index contributed by atoms with van der Waals surface area (Å²) >= 11 is 0. The second kappa shape index (κ2) is 6.94. The summed E-state index contributed by atoms with van der Waals surface area (Å²) in [6, 6.07) is 10.5. The van der Waals surface area contributed by atoms with E-state index in [4.69, 9.17) is 4.74 Å². The average Bonchev–Trinajstić information content (AvgIpc) is 2.86. The van der Waals surface area contributed by atoms with E-state index in [1.54, 1.807) is 0 Å². The standard InChI is InChI=1S/C17H26N2O2/c1-17(2,3)21-16(20)19-11-7-10-15(19)13-18-12-14-8-5-4-6-9-14/h4-6,8-9,15,18H,7,10-13H2,1-3H3. The zero-order valence-electron chi connectivity index (χ0n) is 13.3. The van der Waals surface area contributed by atoms with Crippen LogP contribution in [0.3, 0.4) is 0 Å². The van der Waals surface area contributed by atoms with Crippen LogP contribution in [0.2, 0.25) is 0 Å². The van der Waals surface area contributed by atoms with Gasteiger partial charge in [0.05, 0.1) is 0 Å². The summed E-state index contributed by atoms with van der Waals surface area (Å²) in [7, 11) is 0. The normalized spacial score (nSPS) is 18.8. The summed E-state index contributed by atoms with van der Waals surface area (Å²) in [4.78, 5) is 14.0. The largest absolute Gasteiger partial charge is 0.444 e. The summed E-state index contributed by atoms with van der Waals surface area (Å²) in [5, 5.41) is 3.44. The number of rotatable bonds is 4. The topological polar surface area (TPSA) is 41.6 Å². The lowest BCUT2D eigenvalue weighted by Crippen LogP contribution is -2.44. The molecule has 1 saturated heterocycles. The molecule has 4 heteroatoms. The molecule has 1 aliphatic heterocycles. The van der Waals surface area contributed by atoms with Crippen molar-refractivity contribution >= 4 is 6.09 Å². The van der Waals surface area contributed by atoms with Gasteiger partial charge in [0.15, 0.2) is 0 Å². The molecular weight excluding hydrogens is 264 g/mol. The van der Waals surface area contributed by atoms with Crippen molar-refractivity contribution < 1.29 is 9.53 Å². The number of benzene rings is 1. The maximum atomic E-state index is 12.2. The van der Waals surface area contributed by atoms with Crippen LogP contribution in [0.4, 0.5) is 4.79 Å². The van der Waals surface area contributed by atoms with Crippen molar-refractivity contribution in [2.45, 2.75) is 51.8 Å². The number of carbonyl (C=O) groups excluding carboxylic acids is 1. The zero-order chi connectivity index (χ0) is 15.3. The molecule has 0 aliphatic carbocycles. The Balaban J connectivity index is 1.80. The number of amides is 1. The van der Waals surface area contributed by atoms with E-state index in [1.807, 2.05) is 43.9 Å². The van der Waals surface area contributed by atoms with Crippen molar-refractivity contribution in [1.29, 1.82) is 0 Å². The number of likely N-dealkylation sites (tertiary alicyclic amines) is 1. The predicted molar refractivity (Wildman–Crippen MR) is 84.1 cm³/mol. The Morgan fingerprint density at radius 1 is 1.33 bits per heavy atom. The Kier molecular flexibility index (Phi) is 5.23. The van der Waals surface area contributed by atoms with Crippen molar-refractivity contribution in [3.05, 3.63) is 35.9 Å². The van der Waals surface area contributed by atoms with Crippen LogP contribution in [-0.2, 0) is 11.3 Å². The molecule has 0 spiro atoms. The van der Waals surface area contributed by atoms with Crippen LogP contribution >= 0.6 is 0 Å². The van der Waals surface area contributed by atoms with Gasteiger partial charge in [-0.1, -0.05) is 30.3 Å². The van der Waals surface area contributed by atoms with Crippen molar-refractivity contribution in [2.75, 3.05) is 13.1 Å². The number of nitrogens with zero attached hydrogens (tertiary/aromatic N) is 1. The molecule has 1 amide bonds. The Morgan fingerprint density at radius 2 is 2.05 bits per heavy atom. The van der Waals surface area contributed by atoms with Gasteiger partial charge in [-0.15, -0.1) is 0 Å². The summed E-state index contributed by atoms with van der Waals surface area (Å²) in [6.07, 6.45) is 1.91. The first kappa shape index (κ1) is 15.8. The molecule has 1 fully saturated rings. The highest BCUT2D eigenvalue weighted by Gasteiger charge is 2.31. The van der Waals surface area contributed by atoms with Crippen LogP contribution in [-0.4, -0.2) is 35.7 Å². The summed E-state index contributed by atoms with van der Waals surface area (Å²) in [6.45, 7) is 8.16. The molecule has 1 aromatic rings. The lowest BCUT2D eigenvalue weighted by Gasteiger charge is -2.28. The third-order valence-corrected chi connectivity index (χ3v) is 3.56. The van der Waals surface area contributed by atoms with Gasteiger partial charge in [0.2, 0.25) is 0 Å². The fourth-order valence-electron chi connectivity index (χ4n) is 2.59. The van der Waals surface area contributed by atoms with Crippen LogP contribution in [0.5, 0.6) is 0 Å². The van der Waals surface area contributed by atoms with Gasteiger partial charge in [-0.25, -0.2) is 4.79 Å². The predicted octanol–water partition coefficient (Wildman–Crippen LogP) is 3.18. The fraction of sp³-hybridized carbons (Fsp3) is 0.588. The molecule has 1 heterocycles. The highest BCUT2D eigenvalue weighted by Crippen LogP contribution is 2.20. The lowest BCUT2D eigenvalue weighted by molar-refractivity contribution is 0.0226. The molecule has 2 rings (SSSR count). The molecular formula is C17H26N2O2. The van der Waals surface area contributed by atoms with E-state index in [0.29, 0.717) is 0 Å². The molecule has 4 nitrogen and oxygen atoms in total. The Labute approximate surface area is 127 Å². The molecule has 21 heavy (non-hydrogen) atoms. The van der Waals surface area contributed by atoms with E-state index < -0.39 is 5.60 Å². The highest BCUT2D eigenvalue weighted by atomic mass is 16.6. The number of nitrogens with one attached hydrogen (secondary N) is 1. The van der Waals surface area contributed by atoms with Gasteiger partial charge in [0.1, 0.15) is 5.60 Å². The second-order valence-corrected chi connectivity index (χ2v) is 6.59. The first-order chi connectivity index (χ1) is 9.96. The minimum atomic E-state index is -0.429. The van der Waals surface area contributed by atoms with Crippen molar-refractivity contribution in [2.24, 2.45) is 0 Å². The zero-order valence-corrected chi connectivity index (χ0v) is 13.3. The fourth-order valence-corrected chi connectivity index (χ4v) is 2.59. The minimum Gasteiger partial charge on any atom is -0.444 e. The summed E-state index contributed by atoms with van der Waals surface area (Å²) in [5.41, 5.74) is 0.834. The number of carbonyl (C=O) groups is 1. The third-order valence-electron chi connectivity index (χ3n) is 3.56. The van der Waals surface area contributed by atoms with Gasteiger partial charge in [0.25, 0.3) is 0 Å². The van der Waals surface area contributed by atoms with Crippen LogP contribution < -0.4 is 5.32 Å². The Morgan fingerprint density at radius 3 is 2.71 bits per heavy atom. The van der Waals surface area contributed by atoms with Crippen molar-refractivity contribution in [3.63, 3.8) is 0 Å². The van der Waals surface area contributed by atoms with E-state index in [2.05, 4.69) is 17.4 Å². The van der Waals surface area contributed by atoms with Crippen molar-refractivity contribution in [1.82, 2.24) is 10.2 Å². The smallest absolute Gasteiger partial charge is 0.410 e. The quantitative estimate of drug-likeness (QED) is 0.926. The number of ether oxygens (including phenoxy) is 1. The molecule has 0 bridgehead atoms. The Hall–Kier alpha value is -1.55. The molecule has 116 valence electrons. The van der Waals surface area contributed by atoms with E-state index in [-0.39, 0.29) is 12.1 Å². The molecule has 0 radical (unpaired) electrons. The third kappa shape index (κ3) is 5.05.